The van der Waals surface area contributed by atoms with Gasteiger partial charge in [0.2, 0.25) is 0 Å². The molecule has 2 aromatic rings. The van der Waals surface area contributed by atoms with E-state index in [4.69, 9.17) is 4.74 Å². The van der Waals surface area contributed by atoms with Crippen LogP contribution < -0.4 is 4.72 Å². The topological polar surface area (TPSA) is 108 Å². The molecule has 1 amide bonds. The zero-order valence-electron chi connectivity index (χ0n) is 19.2. The van der Waals surface area contributed by atoms with Crippen molar-refractivity contribution in [3.8, 4) is 0 Å². The predicted molar refractivity (Wildman–Crippen MR) is 127 cm³/mol. The number of esters is 1. The third kappa shape index (κ3) is 5.45. The second-order valence-electron chi connectivity index (χ2n) is 8.51. The molecule has 0 aromatic heterocycles. The van der Waals surface area contributed by atoms with Crippen LogP contribution in [0.25, 0.3) is 0 Å². The molecule has 0 radical (unpaired) electrons. The Morgan fingerprint density at radius 3 is 2.56 bits per heavy atom. The molecule has 0 bridgehead atoms. The first-order chi connectivity index (χ1) is 16.2. The first-order valence-electron chi connectivity index (χ1n) is 11.2. The lowest BCUT2D eigenvalue weighted by atomic mass is 10.1. The average Bonchev–Trinajstić information content (AvgIpc) is 3.07. The number of nitrogens with one attached hydrogen (secondary N) is 1. The molecule has 1 atom stereocenters. The number of aliphatic imine (C=N–C) groups is 1. The predicted octanol–water partition coefficient (Wildman–Crippen LogP) is 1.31. The van der Waals surface area contributed by atoms with Crippen LogP contribution in [0.1, 0.15) is 23.6 Å². The van der Waals surface area contributed by atoms with E-state index in [0.29, 0.717) is 18.7 Å². The molecule has 0 saturated carbocycles. The van der Waals surface area contributed by atoms with Crippen LogP contribution >= 0.6 is 0 Å². The summed E-state index contributed by atoms with van der Waals surface area (Å²) in [6.45, 7) is 6.67. The van der Waals surface area contributed by atoms with Crippen LogP contribution in [-0.4, -0.2) is 74.8 Å². The highest BCUT2D eigenvalue weighted by molar-refractivity contribution is 7.90. The summed E-state index contributed by atoms with van der Waals surface area (Å²) >= 11 is 0. The van der Waals surface area contributed by atoms with E-state index in [1.165, 1.54) is 24.1 Å². The Bertz CT molecular complexity index is 1220. The Kier molecular flexibility index (Phi) is 6.99. The molecule has 180 valence electrons. The lowest BCUT2D eigenvalue weighted by molar-refractivity contribution is -0.153. The number of amidine groups is 1. The van der Waals surface area contributed by atoms with E-state index in [1.54, 1.807) is 23.1 Å². The molecule has 2 aliphatic rings. The second-order valence-corrected chi connectivity index (χ2v) is 10.2. The fourth-order valence-corrected chi connectivity index (χ4v) is 5.28. The van der Waals surface area contributed by atoms with Crippen LogP contribution in [0.3, 0.4) is 0 Å². The van der Waals surface area contributed by atoms with Crippen molar-refractivity contribution < 1.29 is 22.7 Å². The van der Waals surface area contributed by atoms with E-state index in [9.17, 15) is 18.0 Å². The van der Waals surface area contributed by atoms with E-state index < -0.39 is 22.0 Å². The average molecular weight is 485 g/mol. The monoisotopic (exact) mass is 484 g/mol. The first kappa shape index (κ1) is 23.9. The van der Waals surface area contributed by atoms with Crippen molar-refractivity contribution in [3.05, 3.63) is 65.2 Å². The molecule has 1 N–H and O–H groups in total. The number of hydrogen-bond acceptors (Lipinski definition) is 7. The highest BCUT2D eigenvalue weighted by atomic mass is 32.2. The van der Waals surface area contributed by atoms with E-state index in [-0.39, 0.29) is 23.2 Å². The number of amides is 1. The summed E-state index contributed by atoms with van der Waals surface area (Å²) in [5.41, 5.74) is 2.88. The number of aryl methyl sites for hydroxylation is 1. The number of fused-ring (bicyclic) bond motifs is 1. The van der Waals surface area contributed by atoms with Crippen LogP contribution in [0, 0.1) is 6.92 Å². The number of sulfonamides is 1. The first-order valence-corrected chi connectivity index (χ1v) is 12.6. The number of benzene rings is 2. The number of ether oxygens (including phenoxy) is 1. The van der Waals surface area contributed by atoms with Gasteiger partial charge >= 0.3 is 5.97 Å². The number of hydrogen-bond donors (Lipinski definition) is 1. The van der Waals surface area contributed by atoms with Gasteiger partial charge in [0.05, 0.1) is 4.90 Å². The van der Waals surface area contributed by atoms with Gasteiger partial charge in [0.1, 0.15) is 11.9 Å². The van der Waals surface area contributed by atoms with Gasteiger partial charge in [-0.25, -0.2) is 13.2 Å². The zero-order valence-corrected chi connectivity index (χ0v) is 20.0. The summed E-state index contributed by atoms with van der Waals surface area (Å²) < 4.78 is 31.9. The van der Waals surface area contributed by atoms with Crippen LogP contribution in [0.5, 0.6) is 0 Å². The van der Waals surface area contributed by atoms with E-state index >= 15 is 0 Å². The standard InChI is InChI=1S/C24H28N4O5S/c1-17-6-5-7-19(14-17)15-27-10-12-28(13-11-27)22(29)16-33-24(30)18(2)25-23-20-8-3-4-9-21(20)34(31,32)26-23/h3-9,14,18H,10-13,15-16H2,1-2H3,(H,25,26)/t18-/m0/s1. The molecule has 0 unspecified atom stereocenters. The molecule has 2 aromatic carbocycles. The molecule has 9 nitrogen and oxygen atoms in total. The summed E-state index contributed by atoms with van der Waals surface area (Å²) in [5, 5.41) is 0. The Labute approximate surface area is 199 Å². The van der Waals surface area contributed by atoms with E-state index in [2.05, 4.69) is 39.7 Å². The molecule has 2 aliphatic heterocycles. The van der Waals surface area contributed by atoms with Gasteiger partial charge in [0, 0.05) is 38.3 Å². The highest BCUT2D eigenvalue weighted by Crippen LogP contribution is 2.22. The summed E-state index contributed by atoms with van der Waals surface area (Å²) in [6.07, 6.45) is 0. The Morgan fingerprint density at radius 2 is 1.82 bits per heavy atom. The molecule has 0 spiro atoms. The van der Waals surface area contributed by atoms with E-state index in [0.717, 1.165) is 19.6 Å². The molecule has 2 heterocycles. The quantitative estimate of drug-likeness (QED) is 0.620. The largest absolute Gasteiger partial charge is 0.454 e. The summed E-state index contributed by atoms with van der Waals surface area (Å²) in [7, 11) is -3.69. The number of rotatable bonds is 6. The van der Waals surface area contributed by atoms with Gasteiger partial charge < -0.3 is 9.64 Å². The number of carbonyl (C=O) groups is 2. The van der Waals surface area contributed by atoms with Crippen molar-refractivity contribution in [1.82, 2.24) is 14.5 Å². The maximum Gasteiger partial charge on any atom is 0.331 e. The van der Waals surface area contributed by atoms with Crippen molar-refractivity contribution in [2.45, 2.75) is 31.3 Å². The summed E-state index contributed by atoms with van der Waals surface area (Å²) in [4.78, 5) is 33.2. The zero-order chi connectivity index (χ0) is 24.3. The van der Waals surface area contributed by atoms with Gasteiger partial charge in [-0.05, 0) is 31.5 Å². The normalized spacial score (nSPS) is 19.4. The van der Waals surface area contributed by atoms with Crippen molar-refractivity contribution in [2.24, 2.45) is 4.99 Å². The lowest BCUT2D eigenvalue weighted by Gasteiger charge is -2.34. The molecule has 34 heavy (non-hydrogen) atoms. The number of carbonyl (C=O) groups excluding carboxylic acids is 2. The minimum atomic E-state index is -3.69. The Morgan fingerprint density at radius 1 is 1.09 bits per heavy atom. The third-order valence-electron chi connectivity index (χ3n) is 5.88. The van der Waals surface area contributed by atoms with Crippen LogP contribution in [0.15, 0.2) is 58.4 Å². The molecular formula is C24H28N4O5S. The van der Waals surface area contributed by atoms with Crippen molar-refractivity contribution in [3.63, 3.8) is 0 Å². The molecule has 1 saturated heterocycles. The summed E-state index contributed by atoms with van der Waals surface area (Å²) in [5.74, 6) is -0.853. The molecule has 1 fully saturated rings. The highest BCUT2D eigenvalue weighted by Gasteiger charge is 2.31. The molecular weight excluding hydrogens is 456 g/mol. The van der Waals surface area contributed by atoms with Gasteiger partial charge in [-0.1, -0.05) is 42.0 Å². The number of piperazine rings is 1. The maximum atomic E-state index is 12.5. The van der Waals surface area contributed by atoms with Gasteiger partial charge in [-0.3, -0.25) is 19.4 Å². The molecule has 10 heteroatoms. The van der Waals surface area contributed by atoms with Crippen LogP contribution in [0.4, 0.5) is 0 Å². The minimum Gasteiger partial charge on any atom is -0.454 e. The van der Waals surface area contributed by atoms with Gasteiger partial charge in [-0.15, -0.1) is 0 Å². The molecule has 4 rings (SSSR count). The lowest BCUT2D eigenvalue weighted by Crippen LogP contribution is -2.49. The van der Waals surface area contributed by atoms with E-state index in [1.807, 2.05) is 6.07 Å². The second kappa shape index (κ2) is 9.94. The van der Waals surface area contributed by atoms with Gasteiger partial charge in [-0.2, -0.15) is 0 Å². The number of nitrogens with zero attached hydrogens (tertiary/aromatic N) is 3. The van der Waals surface area contributed by atoms with Crippen molar-refractivity contribution in [1.29, 1.82) is 0 Å². The van der Waals surface area contributed by atoms with Gasteiger partial charge in [0.25, 0.3) is 15.9 Å². The minimum absolute atomic E-state index is 0.0936. The Balaban J connectivity index is 1.26. The smallest absolute Gasteiger partial charge is 0.331 e. The fourth-order valence-electron chi connectivity index (χ4n) is 4.04. The Hall–Kier alpha value is -3.24. The fraction of sp³-hybridized carbons (Fsp3) is 0.375. The van der Waals surface area contributed by atoms with Crippen LogP contribution in [-0.2, 0) is 30.9 Å². The maximum absolute atomic E-state index is 12.5. The third-order valence-corrected chi connectivity index (χ3v) is 7.28. The summed E-state index contributed by atoms with van der Waals surface area (Å²) in [6, 6.07) is 13.8. The van der Waals surface area contributed by atoms with Crippen molar-refractivity contribution in [2.75, 3.05) is 32.8 Å². The van der Waals surface area contributed by atoms with Gasteiger partial charge in [0.15, 0.2) is 6.61 Å². The van der Waals surface area contributed by atoms with Crippen molar-refractivity contribution >= 4 is 27.7 Å². The van der Waals surface area contributed by atoms with Crippen LogP contribution in [0.2, 0.25) is 0 Å². The molecule has 0 aliphatic carbocycles. The SMILES string of the molecule is Cc1cccc(CN2CCN(C(=O)COC(=O)[C@H](C)N=C3NS(=O)(=O)c4ccccc43)CC2)c1.